The van der Waals surface area contributed by atoms with Gasteiger partial charge >= 0.3 is 0 Å². The van der Waals surface area contributed by atoms with Crippen LogP contribution < -0.4 is 10.9 Å². The topological polar surface area (TPSA) is 89.8 Å². The van der Waals surface area contributed by atoms with Crippen LogP contribution in [-0.2, 0) is 11.3 Å². The SMILES string of the molecule is Cc1ccc(-c2csc3ncn(CCC(=O)Nc4nnc(C(F)F)s4)c(=O)c23)cc1. The lowest BCUT2D eigenvalue weighted by atomic mass is 10.1. The van der Waals surface area contributed by atoms with Crippen molar-refractivity contribution in [3.05, 3.63) is 56.9 Å². The van der Waals surface area contributed by atoms with Crippen LogP contribution in [0.5, 0.6) is 0 Å². The Balaban J connectivity index is 1.52. The maximum Gasteiger partial charge on any atom is 0.291 e. The molecule has 1 amide bonds. The van der Waals surface area contributed by atoms with Crippen molar-refractivity contribution in [3.63, 3.8) is 0 Å². The summed E-state index contributed by atoms with van der Waals surface area (Å²) < 4.78 is 26.5. The summed E-state index contributed by atoms with van der Waals surface area (Å²) in [6, 6.07) is 7.86. The highest BCUT2D eigenvalue weighted by molar-refractivity contribution is 7.17. The van der Waals surface area contributed by atoms with E-state index in [2.05, 4.69) is 20.5 Å². The Hall–Kier alpha value is -3.05. The van der Waals surface area contributed by atoms with Gasteiger partial charge in [-0.1, -0.05) is 41.2 Å². The second-order valence-corrected chi connectivity index (χ2v) is 8.35. The number of hydrogen-bond acceptors (Lipinski definition) is 7. The molecule has 4 rings (SSSR count). The normalized spacial score (nSPS) is 11.3. The number of aromatic nitrogens is 4. The summed E-state index contributed by atoms with van der Waals surface area (Å²) in [6.07, 6.45) is -1.37. The summed E-state index contributed by atoms with van der Waals surface area (Å²) in [5, 5.41) is 11.2. The first-order chi connectivity index (χ1) is 14.4. The lowest BCUT2D eigenvalue weighted by Crippen LogP contribution is -2.23. The summed E-state index contributed by atoms with van der Waals surface area (Å²) >= 11 is 2.00. The van der Waals surface area contributed by atoms with Crippen LogP contribution in [0.4, 0.5) is 13.9 Å². The molecule has 0 radical (unpaired) electrons. The number of aryl methyl sites for hydroxylation is 2. The fourth-order valence-corrected chi connectivity index (χ4v) is 4.37. The van der Waals surface area contributed by atoms with Gasteiger partial charge in [0.1, 0.15) is 4.83 Å². The number of thiophene rings is 1. The molecule has 7 nitrogen and oxygen atoms in total. The Morgan fingerprint density at radius 2 is 2.00 bits per heavy atom. The lowest BCUT2D eigenvalue weighted by molar-refractivity contribution is -0.116. The molecule has 1 N–H and O–H groups in total. The molecule has 0 bridgehead atoms. The number of nitrogens with one attached hydrogen (secondary N) is 1. The number of anilines is 1. The Kier molecular flexibility index (Phi) is 5.64. The minimum atomic E-state index is -2.74. The summed E-state index contributed by atoms with van der Waals surface area (Å²) in [5.74, 6) is -0.456. The van der Waals surface area contributed by atoms with Crippen LogP contribution in [0.25, 0.3) is 21.3 Å². The molecule has 3 aromatic heterocycles. The van der Waals surface area contributed by atoms with Gasteiger partial charge in [-0.05, 0) is 12.5 Å². The van der Waals surface area contributed by atoms with Crippen LogP contribution in [-0.4, -0.2) is 25.7 Å². The van der Waals surface area contributed by atoms with E-state index in [1.165, 1.54) is 22.2 Å². The van der Waals surface area contributed by atoms with Crippen LogP contribution in [0.15, 0.2) is 40.8 Å². The zero-order valence-corrected chi connectivity index (χ0v) is 17.3. The number of benzene rings is 1. The van der Waals surface area contributed by atoms with Crippen molar-refractivity contribution in [2.24, 2.45) is 0 Å². The second-order valence-electron chi connectivity index (χ2n) is 6.48. The third-order valence-corrected chi connectivity index (χ3v) is 6.11. The van der Waals surface area contributed by atoms with Crippen molar-refractivity contribution in [2.45, 2.75) is 26.3 Å². The van der Waals surface area contributed by atoms with E-state index in [0.717, 1.165) is 16.7 Å². The van der Waals surface area contributed by atoms with Crippen molar-refractivity contribution in [1.29, 1.82) is 0 Å². The van der Waals surface area contributed by atoms with E-state index in [-0.39, 0.29) is 23.7 Å². The van der Waals surface area contributed by atoms with Crippen LogP contribution >= 0.6 is 22.7 Å². The predicted molar refractivity (Wildman–Crippen MR) is 112 cm³/mol. The predicted octanol–water partition coefficient (Wildman–Crippen LogP) is 4.25. The molecule has 0 atom stereocenters. The van der Waals surface area contributed by atoms with Crippen molar-refractivity contribution < 1.29 is 13.6 Å². The fourth-order valence-electron chi connectivity index (χ4n) is 2.85. The molecule has 0 unspecified atom stereocenters. The average Bonchev–Trinajstić information content (AvgIpc) is 3.36. The van der Waals surface area contributed by atoms with Gasteiger partial charge in [0.05, 0.1) is 11.7 Å². The average molecular weight is 447 g/mol. The number of hydrogen-bond donors (Lipinski definition) is 1. The number of amides is 1. The zero-order chi connectivity index (χ0) is 21.3. The highest BCUT2D eigenvalue weighted by atomic mass is 32.1. The Morgan fingerprint density at radius 3 is 2.70 bits per heavy atom. The minimum Gasteiger partial charge on any atom is -0.300 e. The maximum absolute atomic E-state index is 13.0. The number of fused-ring (bicyclic) bond motifs is 1. The van der Waals surface area contributed by atoms with Gasteiger partial charge in [0, 0.05) is 23.9 Å². The Morgan fingerprint density at radius 1 is 1.23 bits per heavy atom. The van der Waals surface area contributed by atoms with Gasteiger partial charge in [0.2, 0.25) is 11.0 Å². The molecule has 154 valence electrons. The summed E-state index contributed by atoms with van der Waals surface area (Å²) in [7, 11) is 0. The highest BCUT2D eigenvalue weighted by Gasteiger charge is 2.16. The van der Waals surface area contributed by atoms with Gasteiger partial charge in [-0.25, -0.2) is 13.8 Å². The molecular weight excluding hydrogens is 432 g/mol. The van der Waals surface area contributed by atoms with E-state index in [4.69, 9.17) is 0 Å². The molecule has 30 heavy (non-hydrogen) atoms. The third kappa shape index (κ3) is 4.12. The van der Waals surface area contributed by atoms with Gasteiger partial charge in [0.25, 0.3) is 12.0 Å². The number of nitrogens with zero attached hydrogens (tertiary/aromatic N) is 4. The van der Waals surface area contributed by atoms with E-state index in [0.29, 0.717) is 21.6 Å². The largest absolute Gasteiger partial charge is 0.300 e. The molecule has 0 aliphatic carbocycles. The van der Waals surface area contributed by atoms with Crippen LogP contribution in [0, 0.1) is 6.92 Å². The van der Waals surface area contributed by atoms with Crippen LogP contribution in [0.3, 0.4) is 0 Å². The monoisotopic (exact) mass is 447 g/mol. The molecule has 3 heterocycles. The van der Waals surface area contributed by atoms with E-state index < -0.39 is 17.3 Å². The van der Waals surface area contributed by atoms with Crippen LogP contribution in [0.2, 0.25) is 0 Å². The molecular formula is C19H15F2N5O2S2. The number of halogens is 2. The molecule has 4 aromatic rings. The smallest absolute Gasteiger partial charge is 0.291 e. The van der Waals surface area contributed by atoms with Crippen molar-refractivity contribution in [1.82, 2.24) is 19.7 Å². The Bertz CT molecular complexity index is 1260. The van der Waals surface area contributed by atoms with E-state index in [9.17, 15) is 18.4 Å². The van der Waals surface area contributed by atoms with E-state index in [1.54, 1.807) is 0 Å². The summed E-state index contributed by atoms with van der Waals surface area (Å²) in [4.78, 5) is 30.1. The van der Waals surface area contributed by atoms with Gasteiger partial charge in [0.15, 0.2) is 5.01 Å². The molecule has 11 heteroatoms. The Labute approximate surface area is 177 Å². The number of alkyl halides is 2. The highest BCUT2D eigenvalue weighted by Crippen LogP contribution is 2.30. The molecule has 0 aliphatic rings. The minimum absolute atomic E-state index is 0.00397. The standard InChI is InChI=1S/C19H15F2N5O2S2/c1-10-2-4-11(5-3-10)12-8-29-16-14(12)18(28)26(9-22-16)7-6-13(27)23-19-25-24-17(30-19)15(20)21/h2-5,8-9,15H,6-7H2,1H3,(H,23,25,27). The summed E-state index contributed by atoms with van der Waals surface area (Å²) in [5.41, 5.74) is 2.61. The first-order valence-corrected chi connectivity index (χ1v) is 10.6. The molecule has 0 saturated heterocycles. The second kappa shape index (κ2) is 8.36. The van der Waals surface area contributed by atoms with Crippen molar-refractivity contribution in [3.8, 4) is 11.1 Å². The number of carbonyl (C=O) groups is 1. The molecule has 0 spiro atoms. The van der Waals surface area contributed by atoms with Gasteiger partial charge in [-0.3, -0.25) is 14.2 Å². The molecule has 1 aromatic carbocycles. The van der Waals surface area contributed by atoms with Gasteiger partial charge in [-0.2, -0.15) is 0 Å². The maximum atomic E-state index is 13.0. The van der Waals surface area contributed by atoms with Gasteiger partial charge in [-0.15, -0.1) is 21.5 Å². The van der Waals surface area contributed by atoms with Crippen molar-refractivity contribution in [2.75, 3.05) is 5.32 Å². The zero-order valence-electron chi connectivity index (χ0n) is 15.6. The molecule has 0 aliphatic heterocycles. The number of carbonyl (C=O) groups excluding carboxylic acids is 1. The third-order valence-electron chi connectivity index (χ3n) is 4.38. The fraction of sp³-hybridized carbons (Fsp3) is 0.211. The van der Waals surface area contributed by atoms with Crippen LogP contribution in [0.1, 0.15) is 23.4 Å². The van der Waals surface area contributed by atoms with Crippen molar-refractivity contribution >= 4 is 43.9 Å². The van der Waals surface area contributed by atoms with E-state index >= 15 is 0 Å². The lowest BCUT2D eigenvalue weighted by Gasteiger charge is -2.06. The first kappa shape index (κ1) is 20.2. The quantitative estimate of drug-likeness (QED) is 0.477. The molecule has 0 saturated carbocycles. The first-order valence-electron chi connectivity index (χ1n) is 8.87. The van der Waals surface area contributed by atoms with Gasteiger partial charge < -0.3 is 5.32 Å². The summed E-state index contributed by atoms with van der Waals surface area (Å²) in [6.45, 7) is 2.09. The number of rotatable bonds is 6. The molecule has 0 fully saturated rings. The van der Waals surface area contributed by atoms with E-state index in [1.807, 2.05) is 36.6 Å².